The molecule has 2 aromatic heterocycles. The van der Waals surface area contributed by atoms with E-state index < -0.39 is 11.7 Å². The molecule has 0 saturated carbocycles. The monoisotopic (exact) mass is 444 g/mol. The van der Waals surface area contributed by atoms with Gasteiger partial charge >= 0.3 is 0 Å². The molecule has 0 fully saturated rings. The summed E-state index contributed by atoms with van der Waals surface area (Å²) in [4.78, 5) is 28.5. The smallest absolute Gasteiger partial charge is 0.296 e. The van der Waals surface area contributed by atoms with Crippen molar-refractivity contribution in [2.24, 2.45) is 0 Å². The number of pyridine rings is 1. The lowest BCUT2D eigenvalue weighted by atomic mass is 9.98. The normalized spacial score (nSPS) is 13.1. The Morgan fingerprint density at radius 1 is 0.969 bits per heavy atom. The molecule has 0 unspecified atom stereocenters. The fourth-order valence-electron chi connectivity index (χ4n) is 4.32. The number of aromatic nitrogens is 1. The Labute approximate surface area is 190 Å². The van der Waals surface area contributed by atoms with E-state index in [0.717, 1.165) is 23.1 Å². The average molecular weight is 445 g/mol. The second kappa shape index (κ2) is 8.17. The van der Waals surface area contributed by atoms with Gasteiger partial charge in [0.1, 0.15) is 11.4 Å². The number of hydrogen-bond acceptors (Lipinski definition) is 3. The molecule has 0 bridgehead atoms. The number of hydrogen-bond donors (Lipinski definition) is 0. The predicted molar refractivity (Wildman–Crippen MR) is 124 cm³/mol. The first kappa shape index (κ1) is 20.3. The van der Waals surface area contributed by atoms with Gasteiger partial charge in [0, 0.05) is 30.4 Å². The number of halogens is 1. The topological polar surface area (TPSA) is 51.0 Å². The van der Waals surface area contributed by atoms with Crippen molar-refractivity contribution in [1.29, 1.82) is 0 Å². The summed E-state index contributed by atoms with van der Waals surface area (Å²) < 4.78 is 7.02. The third-order valence-electron chi connectivity index (χ3n) is 5.97. The maximum absolute atomic E-state index is 13.6. The molecule has 0 spiro atoms. The van der Waals surface area contributed by atoms with Crippen LogP contribution in [0.3, 0.4) is 0 Å². The van der Waals surface area contributed by atoms with Gasteiger partial charge in [-0.25, -0.2) is 0 Å². The lowest BCUT2D eigenvalue weighted by Gasteiger charge is -2.28. The fourth-order valence-corrected chi connectivity index (χ4v) is 4.58. The number of Topliss-reactive ketones (excluding diaryl/α,β-unsaturated/α-hetero) is 1. The van der Waals surface area contributed by atoms with Crippen molar-refractivity contribution >= 4 is 28.8 Å². The number of ether oxygens (including phenoxy) is 1. The summed E-state index contributed by atoms with van der Waals surface area (Å²) in [6.07, 6.45) is 2.54. The van der Waals surface area contributed by atoms with Crippen LogP contribution in [0.5, 0.6) is 5.75 Å². The Balaban J connectivity index is 1.56. The minimum atomic E-state index is -0.530. The number of carbonyl (C=O) groups is 2. The Bertz CT molecular complexity index is 1360. The summed E-state index contributed by atoms with van der Waals surface area (Å²) in [5.74, 6) is -0.475. The van der Waals surface area contributed by atoms with E-state index in [1.807, 2.05) is 48.5 Å². The van der Waals surface area contributed by atoms with Gasteiger partial charge in [-0.2, -0.15) is 0 Å². The van der Waals surface area contributed by atoms with Crippen molar-refractivity contribution in [3.8, 4) is 16.9 Å². The van der Waals surface area contributed by atoms with E-state index in [0.29, 0.717) is 35.1 Å². The maximum atomic E-state index is 13.6. The highest BCUT2D eigenvalue weighted by Crippen LogP contribution is 2.34. The van der Waals surface area contributed by atoms with Gasteiger partial charge in [-0.1, -0.05) is 48.0 Å². The van der Waals surface area contributed by atoms with Crippen LogP contribution in [0.1, 0.15) is 21.6 Å². The van der Waals surface area contributed by atoms with Gasteiger partial charge in [-0.3, -0.25) is 9.59 Å². The van der Waals surface area contributed by atoms with Gasteiger partial charge < -0.3 is 14.0 Å². The predicted octanol–water partition coefficient (Wildman–Crippen LogP) is 5.04. The number of rotatable bonds is 4. The maximum Gasteiger partial charge on any atom is 0.296 e. The number of carbonyl (C=O) groups excluding carboxylic acids is 2. The summed E-state index contributed by atoms with van der Waals surface area (Å²) in [5.41, 5.74) is 4.89. The van der Waals surface area contributed by atoms with Crippen molar-refractivity contribution in [2.45, 2.75) is 13.0 Å². The first-order valence-electron chi connectivity index (χ1n) is 10.4. The van der Waals surface area contributed by atoms with E-state index in [2.05, 4.69) is 6.07 Å². The summed E-state index contributed by atoms with van der Waals surface area (Å²) in [7, 11) is 1.55. The molecule has 1 aliphatic heterocycles. The van der Waals surface area contributed by atoms with Gasteiger partial charge in [0.05, 0.1) is 12.1 Å². The molecule has 5 nitrogen and oxygen atoms in total. The van der Waals surface area contributed by atoms with E-state index in [4.69, 9.17) is 16.3 Å². The molecule has 0 radical (unpaired) electrons. The highest BCUT2D eigenvalue weighted by Gasteiger charge is 2.30. The Morgan fingerprint density at radius 2 is 1.75 bits per heavy atom. The van der Waals surface area contributed by atoms with Crippen LogP contribution in [0.15, 0.2) is 72.9 Å². The van der Waals surface area contributed by atoms with Crippen LogP contribution in [0.2, 0.25) is 5.02 Å². The summed E-state index contributed by atoms with van der Waals surface area (Å²) in [6.45, 7) is 0.961. The molecule has 6 heteroatoms. The van der Waals surface area contributed by atoms with Gasteiger partial charge in [0.15, 0.2) is 0 Å². The lowest BCUT2D eigenvalue weighted by Crippen LogP contribution is -2.40. The zero-order valence-corrected chi connectivity index (χ0v) is 18.3. The van der Waals surface area contributed by atoms with Crippen molar-refractivity contribution in [3.63, 3.8) is 0 Å². The van der Waals surface area contributed by atoms with Crippen LogP contribution < -0.4 is 4.74 Å². The number of fused-ring (bicyclic) bond motifs is 2. The van der Waals surface area contributed by atoms with E-state index in [-0.39, 0.29) is 0 Å². The third kappa shape index (κ3) is 3.45. The molecule has 0 atom stereocenters. The minimum Gasteiger partial charge on any atom is -0.495 e. The summed E-state index contributed by atoms with van der Waals surface area (Å²) in [5, 5.41) is 0.442. The van der Waals surface area contributed by atoms with Crippen LogP contribution in [-0.2, 0) is 17.8 Å². The SMILES string of the molecule is COc1ccc(-c2cc3ccccn3c2C(=O)C(=O)N2CCc3ccccc3C2)cc1Cl. The molecule has 160 valence electrons. The van der Waals surface area contributed by atoms with Crippen LogP contribution in [-0.4, -0.2) is 34.6 Å². The van der Waals surface area contributed by atoms with Crippen LogP contribution in [0.4, 0.5) is 0 Å². The third-order valence-corrected chi connectivity index (χ3v) is 6.26. The zero-order chi connectivity index (χ0) is 22.2. The Kier molecular flexibility index (Phi) is 5.19. The molecule has 3 heterocycles. The number of ketones is 1. The minimum absolute atomic E-state index is 0.339. The second-order valence-electron chi connectivity index (χ2n) is 7.83. The molecule has 0 saturated heterocycles. The first-order valence-corrected chi connectivity index (χ1v) is 10.8. The quantitative estimate of drug-likeness (QED) is 0.327. The van der Waals surface area contributed by atoms with Gasteiger partial charge in [0.2, 0.25) is 0 Å². The van der Waals surface area contributed by atoms with Crippen LogP contribution in [0, 0.1) is 0 Å². The van der Waals surface area contributed by atoms with Gasteiger partial charge in [-0.05, 0) is 53.4 Å². The number of nitrogens with zero attached hydrogens (tertiary/aromatic N) is 2. The number of amides is 1. The zero-order valence-electron chi connectivity index (χ0n) is 17.5. The summed E-state index contributed by atoms with van der Waals surface area (Å²) >= 11 is 6.35. The molecule has 0 aliphatic carbocycles. The van der Waals surface area contributed by atoms with E-state index >= 15 is 0 Å². The highest BCUT2D eigenvalue weighted by molar-refractivity contribution is 6.43. The van der Waals surface area contributed by atoms with Gasteiger partial charge in [0.25, 0.3) is 11.7 Å². The summed E-state index contributed by atoms with van der Waals surface area (Å²) in [6, 6.07) is 21.0. The van der Waals surface area contributed by atoms with E-state index in [1.165, 1.54) is 5.56 Å². The number of methoxy groups -OCH3 is 1. The molecule has 0 N–H and O–H groups in total. The number of benzene rings is 2. The Morgan fingerprint density at radius 3 is 2.53 bits per heavy atom. The average Bonchev–Trinajstić information content (AvgIpc) is 3.22. The molecular weight excluding hydrogens is 424 g/mol. The largest absolute Gasteiger partial charge is 0.495 e. The van der Waals surface area contributed by atoms with E-state index in [9.17, 15) is 9.59 Å². The van der Waals surface area contributed by atoms with Crippen LogP contribution >= 0.6 is 11.6 Å². The first-order chi connectivity index (χ1) is 15.6. The van der Waals surface area contributed by atoms with Crippen molar-refractivity contribution < 1.29 is 14.3 Å². The molecule has 4 aromatic rings. The van der Waals surface area contributed by atoms with E-state index in [1.54, 1.807) is 34.7 Å². The molecule has 1 amide bonds. The fraction of sp³-hybridized carbons (Fsp3) is 0.154. The molecule has 1 aliphatic rings. The Hall–Kier alpha value is -3.57. The molecule has 5 rings (SSSR count). The lowest BCUT2D eigenvalue weighted by molar-refractivity contribution is -0.127. The second-order valence-corrected chi connectivity index (χ2v) is 8.23. The highest BCUT2D eigenvalue weighted by atomic mass is 35.5. The van der Waals surface area contributed by atoms with Crippen molar-refractivity contribution in [1.82, 2.24) is 9.30 Å². The standard InChI is InChI=1S/C26H21ClN2O3/c1-32-23-10-9-18(14-22(23)27)21-15-20-8-4-5-12-29(20)24(21)25(30)26(31)28-13-11-17-6-2-3-7-19(17)16-28/h2-10,12,14-15H,11,13,16H2,1H3. The van der Waals surface area contributed by atoms with Crippen LogP contribution in [0.25, 0.3) is 16.6 Å². The van der Waals surface area contributed by atoms with Crippen molar-refractivity contribution in [2.75, 3.05) is 13.7 Å². The molecular formula is C26H21ClN2O3. The molecule has 32 heavy (non-hydrogen) atoms. The molecule has 2 aromatic carbocycles. The van der Waals surface area contributed by atoms with Gasteiger partial charge in [-0.15, -0.1) is 0 Å². The van der Waals surface area contributed by atoms with Crippen molar-refractivity contribution in [3.05, 3.63) is 94.8 Å².